The van der Waals surface area contributed by atoms with Crippen molar-refractivity contribution in [2.45, 2.75) is 19.3 Å². The van der Waals surface area contributed by atoms with Crippen LogP contribution in [0.5, 0.6) is 0 Å². The fourth-order valence-corrected chi connectivity index (χ4v) is 3.27. The number of halogens is 1. The van der Waals surface area contributed by atoms with Crippen molar-refractivity contribution in [2.24, 2.45) is 0 Å². The van der Waals surface area contributed by atoms with Gasteiger partial charge in [-0.2, -0.15) is 4.98 Å². The summed E-state index contributed by atoms with van der Waals surface area (Å²) in [5, 5.41) is 4.66. The van der Waals surface area contributed by atoms with Gasteiger partial charge in [0, 0.05) is 41.6 Å². The van der Waals surface area contributed by atoms with Crippen molar-refractivity contribution in [1.29, 1.82) is 0 Å². The van der Waals surface area contributed by atoms with Gasteiger partial charge in [0.1, 0.15) is 0 Å². The SMILES string of the molecule is Cc1cc(Cl)ccc1N1CC(c2nc(-c3cccnc3)no2)CC1=O. The molecule has 0 radical (unpaired) electrons. The second-order valence-corrected chi connectivity index (χ2v) is 6.47. The first-order chi connectivity index (χ1) is 12.1. The monoisotopic (exact) mass is 354 g/mol. The van der Waals surface area contributed by atoms with Crippen LogP contribution >= 0.6 is 11.6 Å². The van der Waals surface area contributed by atoms with Crippen LogP contribution in [0.1, 0.15) is 23.8 Å². The Balaban J connectivity index is 1.57. The van der Waals surface area contributed by atoms with Crippen molar-refractivity contribution in [2.75, 3.05) is 11.4 Å². The summed E-state index contributed by atoms with van der Waals surface area (Å²) < 4.78 is 5.40. The molecule has 1 aliphatic heterocycles. The molecule has 25 heavy (non-hydrogen) atoms. The molecule has 1 saturated heterocycles. The minimum atomic E-state index is -0.125. The number of nitrogens with zero attached hydrogens (tertiary/aromatic N) is 4. The quantitative estimate of drug-likeness (QED) is 0.718. The average Bonchev–Trinajstić information content (AvgIpc) is 3.23. The normalized spacial score (nSPS) is 17.3. The molecule has 0 aliphatic carbocycles. The highest BCUT2D eigenvalue weighted by molar-refractivity contribution is 6.30. The number of amides is 1. The van der Waals surface area contributed by atoms with Crippen LogP contribution in [0.3, 0.4) is 0 Å². The zero-order valence-corrected chi connectivity index (χ0v) is 14.3. The summed E-state index contributed by atoms with van der Waals surface area (Å²) in [6.07, 6.45) is 3.71. The van der Waals surface area contributed by atoms with Gasteiger partial charge in [-0.15, -0.1) is 0 Å². The molecular formula is C18H15ClN4O2. The van der Waals surface area contributed by atoms with Gasteiger partial charge in [0.05, 0.1) is 5.92 Å². The number of pyridine rings is 1. The highest BCUT2D eigenvalue weighted by Crippen LogP contribution is 2.34. The number of benzene rings is 1. The van der Waals surface area contributed by atoms with Gasteiger partial charge >= 0.3 is 0 Å². The van der Waals surface area contributed by atoms with Gasteiger partial charge in [0.2, 0.25) is 17.6 Å². The Morgan fingerprint density at radius 2 is 2.20 bits per heavy atom. The van der Waals surface area contributed by atoms with Gasteiger partial charge in [0.15, 0.2) is 0 Å². The Labute approximate surface area is 149 Å². The lowest BCUT2D eigenvalue weighted by atomic mass is 10.1. The van der Waals surface area contributed by atoms with E-state index in [1.807, 2.05) is 31.2 Å². The van der Waals surface area contributed by atoms with Crippen molar-refractivity contribution in [1.82, 2.24) is 15.1 Å². The maximum absolute atomic E-state index is 12.5. The number of rotatable bonds is 3. The Kier molecular flexibility index (Phi) is 3.97. The number of carbonyl (C=O) groups is 1. The molecule has 1 fully saturated rings. The molecule has 0 N–H and O–H groups in total. The number of aryl methyl sites for hydroxylation is 1. The molecule has 6 nitrogen and oxygen atoms in total. The summed E-state index contributed by atoms with van der Waals surface area (Å²) in [6.45, 7) is 2.45. The molecule has 0 bridgehead atoms. The molecule has 0 saturated carbocycles. The molecule has 1 atom stereocenters. The highest BCUT2D eigenvalue weighted by atomic mass is 35.5. The van der Waals surface area contributed by atoms with E-state index < -0.39 is 0 Å². The predicted octanol–water partition coefficient (Wildman–Crippen LogP) is 3.61. The smallest absolute Gasteiger partial charge is 0.232 e. The third-order valence-corrected chi connectivity index (χ3v) is 4.52. The first kappa shape index (κ1) is 15.8. The first-order valence-corrected chi connectivity index (χ1v) is 8.30. The molecule has 1 unspecified atom stereocenters. The average molecular weight is 355 g/mol. The van der Waals surface area contributed by atoms with Gasteiger partial charge in [-0.25, -0.2) is 0 Å². The van der Waals surface area contributed by atoms with Crippen molar-refractivity contribution in [3.8, 4) is 11.4 Å². The lowest BCUT2D eigenvalue weighted by molar-refractivity contribution is -0.117. The maximum atomic E-state index is 12.5. The molecule has 3 heterocycles. The molecule has 1 aromatic carbocycles. The van der Waals surface area contributed by atoms with E-state index in [0.29, 0.717) is 29.7 Å². The van der Waals surface area contributed by atoms with Crippen molar-refractivity contribution < 1.29 is 9.32 Å². The molecular weight excluding hydrogens is 340 g/mol. The largest absolute Gasteiger partial charge is 0.339 e. The summed E-state index contributed by atoms with van der Waals surface area (Å²) in [6, 6.07) is 9.19. The van der Waals surface area contributed by atoms with E-state index in [4.69, 9.17) is 16.1 Å². The van der Waals surface area contributed by atoms with Crippen LogP contribution < -0.4 is 4.90 Å². The van der Waals surface area contributed by atoms with Crippen LogP contribution in [0.25, 0.3) is 11.4 Å². The standard InChI is InChI=1S/C18H15ClN4O2/c1-11-7-14(19)4-5-15(11)23-10-13(8-16(23)24)18-21-17(22-25-18)12-3-2-6-20-9-12/h2-7,9,13H,8,10H2,1H3. The summed E-state index contributed by atoms with van der Waals surface area (Å²) in [7, 11) is 0. The molecule has 3 aromatic rings. The van der Waals surface area contributed by atoms with E-state index in [1.165, 1.54) is 0 Å². The summed E-state index contributed by atoms with van der Waals surface area (Å²) >= 11 is 6.00. The topological polar surface area (TPSA) is 72.1 Å². The van der Waals surface area contributed by atoms with E-state index in [0.717, 1.165) is 16.8 Å². The van der Waals surface area contributed by atoms with E-state index in [-0.39, 0.29) is 11.8 Å². The van der Waals surface area contributed by atoms with Crippen LogP contribution in [-0.2, 0) is 4.79 Å². The zero-order chi connectivity index (χ0) is 17.4. The molecule has 0 spiro atoms. The Morgan fingerprint density at radius 1 is 1.32 bits per heavy atom. The molecule has 4 rings (SSSR count). The van der Waals surface area contributed by atoms with Crippen LogP contribution in [-0.4, -0.2) is 27.6 Å². The highest BCUT2D eigenvalue weighted by Gasteiger charge is 2.35. The van der Waals surface area contributed by atoms with E-state index in [1.54, 1.807) is 23.4 Å². The minimum Gasteiger partial charge on any atom is -0.339 e. The summed E-state index contributed by atoms with van der Waals surface area (Å²) in [4.78, 5) is 22.7. The second kappa shape index (κ2) is 6.29. The first-order valence-electron chi connectivity index (χ1n) is 7.92. The van der Waals surface area contributed by atoms with Gasteiger partial charge in [-0.1, -0.05) is 16.8 Å². The van der Waals surface area contributed by atoms with E-state index in [9.17, 15) is 4.79 Å². The molecule has 7 heteroatoms. The zero-order valence-electron chi connectivity index (χ0n) is 13.5. The van der Waals surface area contributed by atoms with Gasteiger partial charge < -0.3 is 9.42 Å². The van der Waals surface area contributed by atoms with E-state index in [2.05, 4.69) is 15.1 Å². The third kappa shape index (κ3) is 3.00. The van der Waals surface area contributed by atoms with E-state index >= 15 is 0 Å². The summed E-state index contributed by atoms with van der Waals surface area (Å²) in [5.74, 6) is 0.870. The minimum absolute atomic E-state index is 0.0385. The maximum Gasteiger partial charge on any atom is 0.232 e. The second-order valence-electron chi connectivity index (χ2n) is 6.03. The Bertz CT molecular complexity index is 926. The molecule has 2 aromatic heterocycles. The number of anilines is 1. The van der Waals surface area contributed by atoms with Crippen LogP contribution in [0.2, 0.25) is 5.02 Å². The summed E-state index contributed by atoms with van der Waals surface area (Å²) in [5.41, 5.74) is 2.61. The van der Waals surface area contributed by atoms with Crippen molar-refractivity contribution >= 4 is 23.2 Å². The predicted molar refractivity (Wildman–Crippen MR) is 93.4 cm³/mol. The number of aromatic nitrogens is 3. The van der Waals surface area contributed by atoms with Crippen molar-refractivity contribution in [3.63, 3.8) is 0 Å². The Hall–Kier alpha value is -2.73. The van der Waals surface area contributed by atoms with Crippen LogP contribution in [0.4, 0.5) is 5.69 Å². The van der Waals surface area contributed by atoms with Gasteiger partial charge in [-0.05, 0) is 42.8 Å². The Morgan fingerprint density at radius 3 is 2.96 bits per heavy atom. The number of hydrogen-bond acceptors (Lipinski definition) is 5. The van der Waals surface area contributed by atoms with Gasteiger partial charge in [-0.3, -0.25) is 9.78 Å². The fraction of sp³-hybridized carbons (Fsp3) is 0.222. The van der Waals surface area contributed by atoms with Crippen molar-refractivity contribution in [3.05, 3.63) is 59.2 Å². The molecule has 1 amide bonds. The molecule has 126 valence electrons. The number of carbonyl (C=O) groups excluding carboxylic acids is 1. The van der Waals surface area contributed by atoms with Gasteiger partial charge in [0.25, 0.3) is 0 Å². The van der Waals surface area contributed by atoms with Crippen LogP contribution in [0.15, 0.2) is 47.2 Å². The third-order valence-electron chi connectivity index (χ3n) is 4.29. The lowest BCUT2D eigenvalue weighted by Crippen LogP contribution is -2.25. The molecule has 1 aliphatic rings. The fourth-order valence-electron chi connectivity index (χ4n) is 3.04. The van der Waals surface area contributed by atoms with Crippen LogP contribution in [0, 0.1) is 6.92 Å². The number of hydrogen-bond donors (Lipinski definition) is 0. The lowest BCUT2D eigenvalue weighted by Gasteiger charge is -2.18.